The second-order valence-corrected chi connectivity index (χ2v) is 5.27. The average molecular weight is 266 g/mol. The van der Waals surface area contributed by atoms with E-state index >= 15 is 0 Å². The topological polar surface area (TPSA) is 59.4 Å². The molecule has 1 aromatic rings. The predicted octanol–water partition coefficient (Wildman–Crippen LogP) is 1.09. The zero-order valence-electron chi connectivity index (χ0n) is 11.7. The molecule has 2 amide bonds. The zero-order valence-corrected chi connectivity index (χ0v) is 11.7. The minimum absolute atomic E-state index is 0.0189. The maximum absolute atomic E-state index is 12.2. The summed E-state index contributed by atoms with van der Waals surface area (Å²) in [4.78, 5) is 18.0. The molecule has 106 valence electrons. The smallest absolute Gasteiger partial charge is 0.317 e. The number of carbonyl (C=O) groups is 1. The lowest BCUT2D eigenvalue weighted by molar-refractivity contribution is -0.0547. The minimum atomic E-state index is -0.0189. The fourth-order valence-corrected chi connectivity index (χ4v) is 2.40. The van der Waals surface area contributed by atoms with Crippen molar-refractivity contribution in [3.63, 3.8) is 0 Å². The highest BCUT2D eigenvalue weighted by molar-refractivity contribution is 5.74. The Morgan fingerprint density at radius 3 is 2.74 bits per heavy atom. The van der Waals surface area contributed by atoms with E-state index in [-0.39, 0.29) is 24.3 Å². The van der Waals surface area contributed by atoms with Crippen molar-refractivity contribution in [2.45, 2.75) is 45.6 Å². The first-order chi connectivity index (χ1) is 9.04. The molecule has 1 aromatic heterocycles. The standard InChI is InChI=1S/C13H22N4O2/c1-10(6-16-5-4-14-9-16)15-13(18)17-7-11(2)19-12(3)8-17/h4-5,9-12H,6-8H2,1-3H3,(H,15,18)/t10-,11-,12-/m1/s1. The van der Waals surface area contributed by atoms with E-state index < -0.39 is 0 Å². The molecule has 0 spiro atoms. The minimum Gasteiger partial charge on any atom is -0.372 e. The van der Waals surface area contributed by atoms with Crippen LogP contribution in [0.3, 0.4) is 0 Å². The van der Waals surface area contributed by atoms with Crippen LogP contribution in [0.2, 0.25) is 0 Å². The van der Waals surface area contributed by atoms with Gasteiger partial charge in [-0.15, -0.1) is 0 Å². The summed E-state index contributed by atoms with van der Waals surface area (Å²) in [5.41, 5.74) is 0. The monoisotopic (exact) mass is 266 g/mol. The van der Waals surface area contributed by atoms with Gasteiger partial charge >= 0.3 is 6.03 Å². The van der Waals surface area contributed by atoms with Gasteiger partial charge in [-0.3, -0.25) is 0 Å². The van der Waals surface area contributed by atoms with Crippen molar-refractivity contribution in [3.8, 4) is 0 Å². The highest BCUT2D eigenvalue weighted by Gasteiger charge is 2.26. The summed E-state index contributed by atoms with van der Waals surface area (Å²) in [5.74, 6) is 0. The second kappa shape index (κ2) is 6.06. The Kier molecular flexibility index (Phi) is 4.42. The number of nitrogens with one attached hydrogen (secondary N) is 1. The van der Waals surface area contributed by atoms with Crippen LogP contribution in [0.25, 0.3) is 0 Å². The molecule has 0 aromatic carbocycles. The van der Waals surface area contributed by atoms with Gasteiger partial charge < -0.3 is 19.5 Å². The summed E-state index contributed by atoms with van der Waals surface area (Å²) in [6, 6.07) is 0.0461. The van der Waals surface area contributed by atoms with E-state index in [4.69, 9.17) is 4.74 Å². The largest absolute Gasteiger partial charge is 0.372 e. The van der Waals surface area contributed by atoms with Crippen LogP contribution in [0.1, 0.15) is 20.8 Å². The number of hydrogen-bond donors (Lipinski definition) is 1. The van der Waals surface area contributed by atoms with Gasteiger partial charge in [0.25, 0.3) is 0 Å². The number of ether oxygens (including phenoxy) is 1. The number of imidazole rings is 1. The van der Waals surface area contributed by atoms with Crippen LogP contribution < -0.4 is 5.32 Å². The molecular formula is C13H22N4O2. The number of hydrogen-bond acceptors (Lipinski definition) is 3. The van der Waals surface area contributed by atoms with Crippen LogP contribution in [0.15, 0.2) is 18.7 Å². The predicted molar refractivity (Wildman–Crippen MR) is 71.8 cm³/mol. The number of morpholine rings is 1. The Hall–Kier alpha value is -1.56. The number of urea groups is 1. The molecule has 2 rings (SSSR count). The Morgan fingerprint density at radius 2 is 2.16 bits per heavy atom. The number of amides is 2. The highest BCUT2D eigenvalue weighted by Crippen LogP contribution is 2.10. The van der Waals surface area contributed by atoms with Crippen molar-refractivity contribution in [2.24, 2.45) is 0 Å². The van der Waals surface area contributed by atoms with Gasteiger partial charge in [-0.25, -0.2) is 9.78 Å². The third kappa shape index (κ3) is 3.96. The zero-order chi connectivity index (χ0) is 13.8. The number of nitrogens with zero attached hydrogens (tertiary/aromatic N) is 3. The molecule has 1 saturated heterocycles. The first-order valence-electron chi connectivity index (χ1n) is 6.71. The molecule has 0 radical (unpaired) electrons. The molecule has 0 aliphatic carbocycles. The molecule has 0 saturated carbocycles. The average Bonchev–Trinajstić information content (AvgIpc) is 2.80. The van der Waals surface area contributed by atoms with Crippen molar-refractivity contribution >= 4 is 6.03 Å². The molecule has 2 heterocycles. The molecule has 19 heavy (non-hydrogen) atoms. The Balaban J connectivity index is 1.82. The summed E-state index contributed by atoms with van der Waals surface area (Å²) in [6.07, 6.45) is 5.57. The first-order valence-corrected chi connectivity index (χ1v) is 6.71. The van der Waals surface area contributed by atoms with Gasteiger partial charge in [0, 0.05) is 38.1 Å². The molecule has 6 nitrogen and oxygen atoms in total. The molecule has 1 aliphatic heterocycles. The number of aromatic nitrogens is 2. The van der Waals surface area contributed by atoms with E-state index in [0.29, 0.717) is 13.1 Å². The molecule has 1 fully saturated rings. The van der Waals surface area contributed by atoms with Gasteiger partial charge in [0.1, 0.15) is 0 Å². The Morgan fingerprint density at radius 1 is 1.47 bits per heavy atom. The first kappa shape index (κ1) is 13.9. The lowest BCUT2D eigenvalue weighted by Crippen LogP contribution is -2.53. The Labute approximate surface area is 113 Å². The number of rotatable bonds is 3. The Bertz CT molecular complexity index is 397. The molecule has 1 aliphatic rings. The molecule has 0 unspecified atom stereocenters. The molecular weight excluding hydrogens is 244 g/mol. The van der Waals surface area contributed by atoms with E-state index in [1.165, 1.54) is 0 Å². The highest BCUT2D eigenvalue weighted by atomic mass is 16.5. The van der Waals surface area contributed by atoms with E-state index in [9.17, 15) is 4.79 Å². The van der Waals surface area contributed by atoms with E-state index in [2.05, 4.69) is 10.3 Å². The summed E-state index contributed by atoms with van der Waals surface area (Å²) in [6.45, 7) is 7.99. The van der Waals surface area contributed by atoms with Crippen LogP contribution in [0.5, 0.6) is 0 Å². The maximum Gasteiger partial charge on any atom is 0.317 e. The van der Waals surface area contributed by atoms with Crippen LogP contribution >= 0.6 is 0 Å². The molecule has 3 atom stereocenters. The fraction of sp³-hybridized carbons (Fsp3) is 0.692. The quantitative estimate of drug-likeness (QED) is 0.891. The summed E-state index contributed by atoms with van der Waals surface area (Å²) in [5, 5.41) is 3.01. The molecule has 0 bridgehead atoms. The van der Waals surface area contributed by atoms with Crippen molar-refractivity contribution in [2.75, 3.05) is 13.1 Å². The van der Waals surface area contributed by atoms with Gasteiger partial charge in [0.15, 0.2) is 0 Å². The lowest BCUT2D eigenvalue weighted by atomic mass is 10.2. The third-order valence-corrected chi connectivity index (χ3v) is 3.12. The van der Waals surface area contributed by atoms with Gasteiger partial charge in [0.05, 0.1) is 18.5 Å². The molecule has 1 N–H and O–H groups in total. The van der Waals surface area contributed by atoms with Crippen LogP contribution in [-0.4, -0.2) is 51.8 Å². The van der Waals surface area contributed by atoms with E-state index in [1.807, 2.05) is 36.4 Å². The fourth-order valence-electron chi connectivity index (χ4n) is 2.40. The van der Waals surface area contributed by atoms with Crippen molar-refractivity contribution in [1.29, 1.82) is 0 Å². The summed E-state index contributed by atoms with van der Waals surface area (Å²) in [7, 11) is 0. The summed E-state index contributed by atoms with van der Waals surface area (Å²) < 4.78 is 7.58. The van der Waals surface area contributed by atoms with Gasteiger partial charge in [0.2, 0.25) is 0 Å². The molecule has 6 heteroatoms. The number of carbonyl (C=O) groups excluding carboxylic acids is 1. The van der Waals surface area contributed by atoms with Crippen molar-refractivity contribution < 1.29 is 9.53 Å². The van der Waals surface area contributed by atoms with Crippen LogP contribution in [-0.2, 0) is 11.3 Å². The maximum atomic E-state index is 12.2. The summed E-state index contributed by atoms with van der Waals surface area (Å²) >= 11 is 0. The van der Waals surface area contributed by atoms with Crippen LogP contribution in [0.4, 0.5) is 4.79 Å². The SMILES string of the molecule is C[C@H](Cn1ccnc1)NC(=O)N1C[C@@H](C)O[C@H](C)C1. The van der Waals surface area contributed by atoms with Crippen molar-refractivity contribution in [3.05, 3.63) is 18.7 Å². The second-order valence-electron chi connectivity index (χ2n) is 5.27. The normalized spacial score (nSPS) is 25.1. The van der Waals surface area contributed by atoms with E-state index in [1.54, 1.807) is 12.5 Å². The van der Waals surface area contributed by atoms with Gasteiger partial charge in [-0.1, -0.05) is 0 Å². The van der Waals surface area contributed by atoms with Crippen LogP contribution in [0, 0.1) is 0 Å². The van der Waals surface area contributed by atoms with E-state index in [0.717, 1.165) is 6.54 Å². The van der Waals surface area contributed by atoms with Crippen molar-refractivity contribution in [1.82, 2.24) is 19.8 Å². The third-order valence-electron chi connectivity index (χ3n) is 3.12. The lowest BCUT2D eigenvalue weighted by Gasteiger charge is -2.35. The van der Waals surface area contributed by atoms with Gasteiger partial charge in [-0.2, -0.15) is 0 Å². The van der Waals surface area contributed by atoms with Gasteiger partial charge in [-0.05, 0) is 20.8 Å².